The minimum absolute atomic E-state index is 0.00962. The number of aliphatic carboxylic acids is 1. The molecule has 0 aromatic heterocycles. The number of carboxylic acids is 1. The first-order valence-electron chi connectivity index (χ1n) is 12.3. The van der Waals surface area contributed by atoms with E-state index in [2.05, 4.69) is 34.9 Å². The van der Waals surface area contributed by atoms with Crippen LogP contribution in [-0.2, 0) is 14.3 Å². The SMILES string of the molecule is CC(C)(CNC(=O)OCC1c2ccccc2-c2ccccc21)CC(=O)NC(CC(=O)O)C1CCC1. The van der Waals surface area contributed by atoms with Crippen LogP contribution in [0, 0.1) is 11.3 Å². The second kappa shape index (κ2) is 10.5. The number of carbonyl (C=O) groups is 3. The second-order valence-corrected chi connectivity index (χ2v) is 10.5. The first kappa shape index (κ1) is 24.8. The molecule has 7 heteroatoms. The maximum atomic E-state index is 12.6. The Bertz CT molecular complexity index is 1050. The number of fused-ring (bicyclic) bond motifs is 3. The summed E-state index contributed by atoms with van der Waals surface area (Å²) in [4.78, 5) is 36.3. The topological polar surface area (TPSA) is 105 Å². The summed E-state index contributed by atoms with van der Waals surface area (Å²) in [5.41, 5.74) is 4.14. The van der Waals surface area contributed by atoms with E-state index < -0.39 is 17.5 Å². The fourth-order valence-corrected chi connectivity index (χ4v) is 5.08. The molecular weight excluding hydrogens is 444 g/mol. The highest BCUT2D eigenvalue weighted by atomic mass is 16.5. The van der Waals surface area contributed by atoms with Crippen LogP contribution in [0.4, 0.5) is 4.79 Å². The predicted octanol–water partition coefficient (Wildman–Crippen LogP) is 4.70. The Balaban J connectivity index is 1.27. The van der Waals surface area contributed by atoms with E-state index in [1.165, 1.54) is 11.1 Å². The van der Waals surface area contributed by atoms with Crippen molar-refractivity contribution in [3.63, 3.8) is 0 Å². The van der Waals surface area contributed by atoms with Gasteiger partial charge in [0.15, 0.2) is 0 Å². The number of ether oxygens (including phenoxy) is 1. The predicted molar refractivity (Wildman–Crippen MR) is 133 cm³/mol. The van der Waals surface area contributed by atoms with E-state index in [0.717, 1.165) is 30.4 Å². The number of alkyl carbamates (subject to hydrolysis) is 1. The van der Waals surface area contributed by atoms with E-state index in [4.69, 9.17) is 9.84 Å². The number of amides is 2. The molecule has 2 aliphatic carbocycles. The molecule has 0 heterocycles. The average molecular weight is 479 g/mol. The number of rotatable bonds is 10. The summed E-state index contributed by atoms with van der Waals surface area (Å²) in [5.74, 6) is -0.873. The lowest BCUT2D eigenvalue weighted by molar-refractivity contribution is -0.138. The zero-order valence-corrected chi connectivity index (χ0v) is 20.4. The van der Waals surface area contributed by atoms with Gasteiger partial charge in [0, 0.05) is 24.9 Å². The molecule has 186 valence electrons. The van der Waals surface area contributed by atoms with Crippen molar-refractivity contribution in [2.45, 2.75) is 57.9 Å². The average Bonchev–Trinajstić information content (AvgIpc) is 3.08. The fourth-order valence-electron chi connectivity index (χ4n) is 5.08. The van der Waals surface area contributed by atoms with Gasteiger partial charge in [0.05, 0.1) is 6.42 Å². The van der Waals surface area contributed by atoms with Gasteiger partial charge in [0.2, 0.25) is 5.91 Å². The third-order valence-electron chi connectivity index (χ3n) is 7.15. The first-order valence-corrected chi connectivity index (χ1v) is 12.3. The van der Waals surface area contributed by atoms with Gasteiger partial charge >= 0.3 is 12.1 Å². The number of hydrogen-bond acceptors (Lipinski definition) is 4. The third kappa shape index (κ3) is 6.02. The van der Waals surface area contributed by atoms with Crippen molar-refractivity contribution in [1.29, 1.82) is 0 Å². The molecular formula is C28H34N2O5. The van der Waals surface area contributed by atoms with E-state index in [0.29, 0.717) is 0 Å². The first-order chi connectivity index (χ1) is 16.7. The molecule has 0 bridgehead atoms. The van der Waals surface area contributed by atoms with Gasteiger partial charge in [0.25, 0.3) is 0 Å². The van der Waals surface area contributed by atoms with Crippen LogP contribution < -0.4 is 10.6 Å². The summed E-state index contributed by atoms with van der Waals surface area (Å²) < 4.78 is 5.59. The molecule has 7 nitrogen and oxygen atoms in total. The summed E-state index contributed by atoms with van der Waals surface area (Å²) in [6.45, 7) is 4.29. The van der Waals surface area contributed by atoms with E-state index >= 15 is 0 Å². The highest BCUT2D eigenvalue weighted by Gasteiger charge is 2.32. The number of hydrogen-bond donors (Lipinski definition) is 3. The Morgan fingerprint density at radius 2 is 1.63 bits per heavy atom. The van der Waals surface area contributed by atoms with Gasteiger partial charge in [-0.25, -0.2) is 4.79 Å². The van der Waals surface area contributed by atoms with Gasteiger partial charge < -0.3 is 20.5 Å². The van der Waals surface area contributed by atoms with Crippen LogP contribution in [0.25, 0.3) is 11.1 Å². The molecule has 3 N–H and O–H groups in total. The van der Waals surface area contributed by atoms with Crippen LogP contribution in [0.15, 0.2) is 48.5 Å². The zero-order chi connectivity index (χ0) is 25.0. The molecule has 1 atom stereocenters. The fraction of sp³-hybridized carbons (Fsp3) is 0.464. The Labute approximate surface area is 206 Å². The van der Waals surface area contributed by atoms with Crippen LogP contribution in [0.2, 0.25) is 0 Å². The molecule has 2 amide bonds. The van der Waals surface area contributed by atoms with Crippen molar-refractivity contribution in [2.24, 2.45) is 11.3 Å². The van der Waals surface area contributed by atoms with Gasteiger partial charge in [-0.15, -0.1) is 0 Å². The largest absolute Gasteiger partial charge is 0.481 e. The van der Waals surface area contributed by atoms with Gasteiger partial charge in [0.1, 0.15) is 6.61 Å². The maximum Gasteiger partial charge on any atom is 0.407 e. The normalized spacial score (nSPS) is 15.9. The van der Waals surface area contributed by atoms with Crippen molar-refractivity contribution in [3.05, 3.63) is 59.7 Å². The number of carboxylic acid groups (broad SMARTS) is 1. The smallest absolute Gasteiger partial charge is 0.407 e. The maximum absolute atomic E-state index is 12.6. The van der Waals surface area contributed by atoms with E-state index in [1.807, 2.05) is 38.1 Å². The van der Waals surface area contributed by atoms with Gasteiger partial charge in [-0.1, -0.05) is 68.8 Å². The standard InChI is InChI=1S/C28H34N2O5/c1-28(2,15-25(31)30-24(14-26(32)33)18-8-7-9-18)17-29-27(34)35-16-23-21-12-5-3-10-19(21)20-11-4-6-13-22(20)23/h3-6,10-13,18,23-24H,7-9,14-17H2,1-2H3,(H,29,34)(H,30,31)(H,32,33). The molecule has 35 heavy (non-hydrogen) atoms. The Morgan fingerprint density at radius 1 is 1.03 bits per heavy atom. The summed E-state index contributed by atoms with van der Waals surface area (Å²) in [6, 6.07) is 16.0. The lowest BCUT2D eigenvalue weighted by atomic mass is 9.78. The van der Waals surface area contributed by atoms with E-state index in [-0.39, 0.29) is 49.8 Å². The quantitative estimate of drug-likeness (QED) is 0.459. The Hall–Kier alpha value is -3.35. The molecule has 2 aromatic rings. The molecule has 1 saturated carbocycles. The van der Waals surface area contributed by atoms with Crippen molar-refractivity contribution in [3.8, 4) is 11.1 Å². The number of nitrogens with one attached hydrogen (secondary N) is 2. The van der Waals surface area contributed by atoms with Crippen LogP contribution in [-0.4, -0.2) is 42.3 Å². The van der Waals surface area contributed by atoms with Crippen molar-refractivity contribution in [2.75, 3.05) is 13.2 Å². The van der Waals surface area contributed by atoms with Gasteiger partial charge in [-0.3, -0.25) is 9.59 Å². The molecule has 0 aliphatic heterocycles. The van der Waals surface area contributed by atoms with Crippen molar-refractivity contribution >= 4 is 18.0 Å². The van der Waals surface area contributed by atoms with E-state index in [9.17, 15) is 14.4 Å². The summed E-state index contributed by atoms with van der Waals surface area (Å²) >= 11 is 0. The summed E-state index contributed by atoms with van der Waals surface area (Å²) in [6.07, 6.45) is 2.58. The summed E-state index contributed by atoms with van der Waals surface area (Å²) in [7, 11) is 0. The van der Waals surface area contributed by atoms with Gasteiger partial charge in [-0.05, 0) is 46.4 Å². The van der Waals surface area contributed by atoms with E-state index in [1.54, 1.807) is 0 Å². The lowest BCUT2D eigenvalue weighted by Crippen LogP contribution is -2.46. The zero-order valence-electron chi connectivity index (χ0n) is 20.4. The van der Waals surface area contributed by atoms with Crippen LogP contribution >= 0.6 is 0 Å². The van der Waals surface area contributed by atoms with Crippen molar-refractivity contribution in [1.82, 2.24) is 10.6 Å². The van der Waals surface area contributed by atoms with Crippen LogP contribution in [0.5, 0.6) is 0 Å². The molecule has 1 unspecified atom stereocenters. The molecule has 4 rings (SSSR count). The van der Waals surface area contributed by atoms with Crippen LogP contribution in [0.1, 0.15) is 63.0 Å². The van der Waals surface area contributed by atoms with Crippen LogP contribution in [0.3, 0.4) is 0 Å². The molecule has 1 fully saturated rings. The highest BCUT2D eigenvalue weighted by Crippen LogP contribution is 2.44. The minimum Gasteiger partial charge on any atom is -0.481 e. The monoisotopic (exact) mass is 478 g/mol. The molecule has 0 spiro atoms. The minimum atomic E-state index is -0.904. The summed E-state index contributed by atoms with van der Waals surface area (Å²) in [5, 5.41) is 14.9. The second-order valence-electron chi connectivity index (χ2n) is 10.5. The van der Waals surface area contributed by atoms with Gasteiger partial charge in [-0.2, -0.15) is 0 Å². The number of benzene rings is 2. The molecule has 0 saturated heterocycles. The number of carbonyl (C=O) groups excluding carboxylic acids is 2. The molecule has 2 aromatic carbocycles. The lowest BCUT2D eigenvalue weighted by Gasteiger charge is -2.34. The third-order valence-corrected chi connectivity index (χ3v) is 7.15. The highest BCUT2D eigenvalue weighted by molar-refractivity contribution is 5.79. The molecule has 2 aliphatic rings. The Morgan fingerprint density at radius 3 is 2.17 bits per heavy atom. The van der Waals surface area contributed by atoms with Crippen molar-refractivity contribution < 1.29 is 24.2 Å². The molecule has 0 radical (unpaired) electrons. The Kier molecular flexibility index (Phi) is 7.43.